The van der Waals surface area contributed by atoms with Gasteiger partial charge in [-0.25, -0.2) is 0 Å². The lowest BCUT2D eigenvalue weighted by Gasteiger charge is -2.00. The molecule has 0 spiro atoms. The molecule has 0 atom stereocenters. The molecule has 0 aliphatic carbocycles. The summed E-state index contributed by atoms with van der Waals surface area (Å²) in [6, 6.07) is 0. The van der Waals surface area contributed by atoms with E-state index in [0.717, 1.165) is 12.8 Å². The van der Waals surface area contributed by atoms with E-state index in [-0.39, 0.29) is 12.2 Å². The molecule has 0 bridgehead atoms. The predicted molar refractivity (Wildman–Crippen MR) is 61.0 cm³/mol. The van der Waals surface area contributed by atoms with Crippen molar-refractivity contribution >= 4 is 5.97 Å². The second-order valence-electron chi connectivity index (χ2n) is 3.81. The first-order valence-corrected chi connectivity index (χ1v) is 5.76. The summed E-state index contributed by atoms with van der Waals surface area (Å²) < 4.78 is 0. The molecule has 0 unspecified atom stereocenters. The van der Waals surface area contributed by atoms with Gasteiger partial charge in [-0.15, -0.1) is 0 Å². The molecule has 0 saturated heterocycles. The molecular formula is C12H22O3. The van der Waals surface area contributed by atoms with Crippen molar-refractivity contribution in [2.75, 3.05) is 0 Å². The highest BCUT2D eigenvalue weighted by Crippen LogP contribution is 2.10. The van der Waals surface area contributed by atoms with Gasteiger partial charge in [-0.2, -0.15) is 0 Å². The minimum atomic E-state index is -0.899. The Balaban J connectivity index is 3.34. The lowest BCUT2D eigenvalue weighted by atomic mass is 10.1. The van der Waals surface area contributed by atoms with Gasteiger partial charge in [0.25, 0.3) is 0 Å². The fraction of sp³-hybridized carbons (Fsp3) is 0.750. The van der Waals surface area contributed by atoms with Crippen LogP contribution in [-0.2, 0) is 4.79 Å². The first-order chi connectivity index (χ1) is 7.16. The van der Waals surface area contributed by atoms with Gasteiger partial charge in [-0.05, 0) is 12.5 Å². The SMILES string of the molecule is CCCCCCCC/C(O)=C\CC(=O)O. The van der Waals surface area contributed by atoms with Gasteiger partial charge < -0.3 is 10.2 Å². The number of carboxylic acids is 1. The standard InChI is InChI=1S/C12H22O3/c1-2-3-4-5-6-7-8-11(13)9-10-12(14)15/h9,13H,2-8,10H2,1H3,(H,14,15)/b11-9+. The Morgan fingerprint density at radius 2 is 1.67 bits per heavy atom. The Morgan fingerprint density at radius 1 is 1.07 bits per heavy atom. The van der Waals surface area contributed by atoms with Crippen LogP contribution in [0.25, 0.3) is 0 Å². The second kappa shape index (κ2) is 9.56. The zero-order valence-corrected chi connectivity index (χ0v) is 9.54. The van der Waals surface area contributed by atoms with E-state index in [1.807, 2.05) is 0 Å². The molecule has 3 heteroatoms. The lowest BCUT2D eigenvalue weighted by molar-refractivity contribution is -0.136. The minimum Gasteiger partial charge on any atom is -0.513 e. The van der Waals surface area contributed by atoms with Crippen molar-refractivity contribution in [3.63, 3.8) is 0 Å². The van der Waals surface area contributed by atoms with E-state index in [2.05, 4.69) is 6.92 Å². The average Bonchev–Trinajstić information content (AvgIpc) is 2.20. The van der Waals surface area contributed by atoms with Crippen LogP contribution in [-0.4, -0.2) is 16.2 Å². The molecule has 3 nitrogen and oxygen atoms in total. The first-order valence-electron chi connectivity index (χ1n) is 5.76. The summed E-state index contributed by atoms with van der Waals surface area (Å²) in [6.07, 6.45) is 8.97. The van der Waals surface area contributed by atoms with Crippen LogP contribution in [0.5, 0.6) is 0 Å². The monoisotopic (exact) mass is 214 g/mol. The quantitative estimate of drug-likeness (QED) is 0.455. The lowest BCUT2D eigenvalue weighted by Crippen LogP contribution is -1.92. The largest absolute Gasteiger partial charge is 0.513 e. The fourth-order valence-corrected chi connectivity index (χ4v) is 1.39. The number of carbonyl (C=O) groups is 1. The average molecular weight is 214 g/mol. The van der Waals surface area contributed by atoms with Crippen molar-refractivity contribution < 1.29 is 15.0 Å². The highest BCUT2D eigenvalue weighted by molar-refractivity contribution is 5.68. The van der Waals surface area contributed by atoms with E-state index < -0.39 is 5.97 Å². The summed E-state index contributed by atoms with van der Waals surface area (Å²) in [5.74, 6) is -0.683. The van der Waals surface area contributed by atoms with Crippen LogP contribution in [0, 0.1) is 0 Å². The van der Waals surface area contributed by atoms with Crippen molar-refractivity contribution in [1.29, 1.82) is 0 Å². The Kier molecular flexibility index (Phi) is 8.93. The molecule has 88 valence electrons. The van der Waals surface area contributed by atoms with Crippen molar-refractivity contribution in [3.05, 3.63) is 11.8 Å². The molecule has 0 radical (unpaired) electrons. The fourth-order valence-electron chi connectivity index (χ4n) is 1.39. The van der Waals surface area contributed by atoms with Gasteiger partial charge in [-0.1, -0.05) is 39.0 Å². The van der Waals surface area contributed by atoms with Gasteiger partial charge in [0, 0.05) is 6.42 Å². The molecule has 0 rings (SSSR count). The van der Waals surface area contributed by atoms with Crippen LogP contribution in [0.2, 0.25) is 0 Å². The summed E-state index contributed by atoms with van der Waals surface area (Å²) >= 11 is 0. The topological polar surface area (TPSA) is 57.5 Å². The number of aliphatic hydroxyl groups excluding tert-OH is 1. The number of aliphatic hydroxyl groups is 1. The molecule has 0 aliphatic rings. The first kappa shape index (κ1) is 14.0. The Hall–Kier alpha value is -0.990. The maximum absolute atomic E-state index is 10.2. The summed E-state index contributed by atoms with van der Waals surface area (Å²) in [4.78, 5) is 10.2. The van der Waals surface area contributed by atoms with Crippen LogP contribution < -0.4 is 0 Å². The van der Waals surface area contributed by atoms with Crippen molar-refractivity contribution in [2.24, 2.45) is 0 Å². The molecule has 0 fully saturated rings. The van der Waals surface area contributed by atoms with Gasteiger partial charge in [-0.3, -0.25) is 4.79 Å². The van der Waals surface area contributed by atoms with Crippen LogP contribution in [0.15, 0.2) is 11.8 Å². The highest BCUT2D eigenvalue weighted by Gasteiger charge is 1.97. The number of unbranched alkanes of at least 4 members (excludes halogenated alkanes) is 5. The smallest absolute Gasteiger partial charge is 0.307 e. The zero-order valence-electron chi connectivity index (χ0n) is 9.54. The third-order valence-electron chi connectivity index (χ3n) is 2.30. The molecule has 0 aromatic rings. The number of rotatable bonds is 9. The third kappa shape index (κ3) is 10.9. The number of aliphatic carboxylic acids is 1. The zero-order chi connectivity index (χ0) is 11.5. The normalized spacial score (nSPS) is 11.7. The van der Waals surface area contributed by atoms with Gasteiger partial charge >= 0.3 is 5.97 Å². The predicted octanol–water partition coefficient (Wildman–Crippen LogP) is 3.65. The maximum atomic E-state index is 10.2. The third-order valence-corrected chi connectivity index (χ3v) is 2.30. The van der Waals surface area contributed by atoms with Crippen LogP contribution >= 0.6 is 0 Å². The molecular weight excluding hydrogens is 192 g/mol. The molecule has 0 aromatic heterocycles. The molecule has 0 heterocycles. The van der Waals surface area contributed by atoms with Gasteiger partial charge in [0.1, 0.15) is 0 Å². The highest BCUT2D eigenvalue weighted by atomic mass is 16.4. The number of hydrogen-bond acceptors (Lipinski definition) is 2. The van der Waals surface area contributed by atoms with Gasteiger partial charge in [0.05, 0.1) is 12.2 Å². The van der Waals surface area contributed by atoms with E-state index in [1.165, 1.54) is 31.8 Å². The van der Waals surface area contributed by atoms with E-state index in [0.29, 0.717) is 6.42 Å². The van der Waals surface area contributed by atoms with Crippen molar-refractivity contribution in [1.82, 2.24) is 0 Å². The summed E-state index contributed by atoms with van der Waals surface area (Å²) in [5, 5.41) is 17.7. The molecule has 15 heavy (non-hydrogen) atoms. The van der Waals surface area contributed by atoms with E-state index >= 15 is 0 Å². The number of carboxylic acid groups (broad SMARTS) is 1. The molecule has 0 saturated carbocycles. The van der Waals surface area contributed by atoms with Crippen molar-refractivity contribution in [2.45, 2.75) is 58.3 Å². The van der Waals surface area contributed by atoms with E-state index in [9.17, 15) is 9.90 Å². The molecule has 0 aliphatic heterocycles. The van der Waals surface area contributed by atoms with Gasteiger partial charge in [0.15, 0.2) is 0 Å². The minimum absolute atomic E-state index is 0.0817. The summed E-state index contributed by atoms with van der Waals surface area (Å²) in [5.41, 5.74) is 0. The van der Waals surface area contributed by atoms with Crippen molar-refractivity contribution in [3.8, 4) is 0 Å². The van der Waals surface area contributed by atoms with E-state index in [4.69, 9.17) is 5.11 Å². The molecule has 2 N–H and O–H groups in total. The van der Waals surface area contributed by atoms with Crippen LogP contribution in [0.4, 0.5) is 0 Å². The van der Waals surface area contributed by atoms with Crippen LogP contribution in [0.1, 0.15) is 58.3 Å². The van der Waals surface area contributed by atoms with Crippen LogP contribution in [0.3, 0.4) is 0 Å². The summed E-state index contributed by atoms with van der Waals surface area (Å²) in [6.45, 7) is 2.18. The summed E-state index contributed by atoms with van der Waals surface area (Å²) in [7, 11) is 0. The molecule has 0 aromatic carbocycles. The number of hydrogen-bond donors (Lipinski definition) is 2. The second-order valence-corrected chi connectivity index (χ2v) is 3.81. The Morgan fingerprint density at radius 3 is 2.27 bits per heavy atom. The Labute approximate surface area is 91.8 Å². The van der Waals surface area contributed by atoms with E-state index in [1.54, 1.807) is 0 Å². The van der Waals surface area contributed by atoms with Gasteiger partial charge in [0.2, 0.25) is 0 Å². The maximum Gasteiger partial charge on any atom is 0.307 e. The number of allylic oxidation sites excluding steroid dienone is 1. The molecule has 0 amide bonds. The Bertz CT molecular complexity index is 197.